The standard InChI is InChI=1S/C24H38N4O2/c1-18-13-19(2)16-27(15-18)17-21-7-5-20(6-8-21)14-25-23(29)22-9-11-28(12-10-22)24(30)26(3)4/h5-8,18-19,22H,9-17H2,1-4H3,(H,25,29). The predicted octanol–water partition coefficient (Wildman–Crippen LogP) is 3.17. The van der Waals surface area contributed by atoms with Crippen molar-refractivity contribution in [1.82, 2.24) is 20.0 Å². The molecule has 0 aliphatic carbocycles. The summed E-state index contributed by atoms with van der Waals surface area (Å²) in [5.41, 5.74) is 2.47. The number of rotatable bonds is 5. The molecule has 2 aliphatic rings. The fraction of sp³-hybridized carbons (Fsp3) is 0.667. The molecule has 6 nitrogen and oxygen atoms in total. The topological polar surface area (TPSA) is 55.9 Å². The van der Waals surface area contributed by atoms with Gasteiger partial charge < -0.3 is 15.1 Å². The summed E-state index contributed by atoms with van der Waals surface area (Å²) in [6.07, 6.45) is 2.80. The number of likely N-dealkylation sites (tertiary alicyclic amines) is 2. The van der Waals surface area contributed by atoms with Gasteiger partial charge in [0.15, 0.2) is 0 Å². The number of hydrogen-bond acceptors (Lipinski definition) is 3. The average molecular weight is 415 g/mol. The van der Waals surface area contributed by atoms with Crippen LogP contribution in [-0.2, 0) is 17.9 Å². The molecule has 1 N–H and O–H groups in total. The minimum Gasteiger partial charge on any atom is -0.352 e. The van der Waals surface area contributed by atoms with Crippen LogP contribution < -0.4 is 5.32 Å². The molecule has 2 fully saturated rings. The number of carbonyl (C=O) groups excluding carboxylic acids is 2. The number of nitrogens with one attached hydrogen (secondary N) is 1. The van der Waals surface area contributed by atoms with Crippen LogP contribution in [0.5, 0.6) is 0 Å². The van der Waals surface area contributed by atoms with Crippen LogP contribution in [0.3, 0.4) is 0 Å². The Morgan fingerprint density at radius 1 is 1.00 bits per heavy atom. The number of benzene rings is 1. The molecular formula is C24H38N4O2. The third-order valence-corrected chi connectivity index (χ3v) is 6.36. The maximum atomic E-state index is 12.5. The number of piperidine rings is 2. The highest BCUT2D eigenvalue weighted by Gasteiger charge is 2.27. The van der Waals surface area contributed by atoms with Gasteiger partial charge in [-0.3, -0.25) is 9.69 Å². The van der Waals surface area contributed by atoms with Gasteiger partial charge in [-0.05, 0) is 42.2 Å². The monoisotopic (exact) mass is 414 g/mol. The molecule has 2 saturated heterocycles. The lowest BCUT2D eigenvalue weighted by Crippen LogP contribution is -2.46. The Balaban J connectivity index is 1.42. The molecule has 166 valence electrons. The molecule has 30 heavy (non-hydrogen) atoms. The second-order valence-corrected chi connectivity index (χ2v) is 9.61. The van der Waals surface area contributed by atoms with Crippen molar-refractivity contribution >= 4 is 11.9 Å². The van der Waals surface area contributed by atoms with Crippen LogP contribution in [0, 0.1) is 17.8 Å². The zero-order valence-corrected chi connectivity index (χ0v) is 19.1. The summed E-state index contributed by atoms with van der Waals surface area (Å²) in [5, 5.41) is 3.08. The summed E-state index contributed by atoms with van der Waals surface area (Å²) in [6, 6.07) is 8.67. The van der Waals surface area contributed by atoms with Gasteiger partial charge in [-0.2, -0.15) is 0 Å². The minimum absolute atomic E-state index is 0.00133. The molecule has 2 atom stereocenters. The summed E-state index contributed by atoms with van der Waals surface area (Å²) in [7, 11) is 3.53. The number of urea groups is 1. The van der Waals surface area contributed by atoms with Crippen molar-refractivity contribution in [3.63, 3.8) is 0 Å². The average Bonchev–Trinajstić information content (AvgIpc) is 2.72. The van der Waals surface area contributed by atoms with Crippen molar-refractivity contribution in [3.8, 4) is 0 Å². The molecule has 0 spiro atoms. The molecule has 2 unspecified atom stereocenters. The van der Waals surface area contributed by atoms with Crippen molar-refractivity contribution in [1.29, 1.82) is 0 Å². The minimum atomic E-state index is -0.00133. The Bertz CT molecular complexity index is 700. The highest BCUT2D eigenvalue weighted by molar-refractivity contribution is 5.79. The van der Waals surface area contributed by atoms with Crippen LogP contribution in [0.2, 0.25) is 0 Å². The Morgan fingerprint density at radius 2 is 1.57 bits per heavy atom. The predicted molar refractivity (Wildman–Crippen MR) is 120 cm³/mol. The van der Waals surface area contributed by atoms with Crippen molar-refractivity contribution in [2.45, 2.75) is 46.2 Å². The van der Waals surface area contributed by atoms with Gasteiger partial charge in [-0.1, -0.05) is 38.1 Å². The SMILES string of the molecule is CC1CC(C)CN(Cc2ccc(CNC(=O)C3CCN(C(=O)N(C)C)CC3)cc2)C1. The smallest absolute Gasteiger partial charge is 0.319 e. The van der Waals surface area contributed by atoms with Gasteiger partial charge in [-0.25, -0.2) is 4.79 Å². The lowest BCUT2D eigenvalue weighted by Gasteiger charge is -2.35. The Labute approximate surface area is 181 Å². The Hall–Kier alpha value is -2.08. The fourth-order valence-electron chi connectivity index (χ4n) is 4.89. The van der Waals surface area contributed by atoms with Gasteiger partial charge in [0.2, 0.25) is 5.91 Å². The van der Waals surface area contributed by atoms with Gasteiger partial charge in [0, 0.05) is 59.3 Å². The van der Waals surface area contributed by atoms with E-state index in [9.17, 15) is 9.59 Å². The molecule has 3 rings (SSSR count). The molecule has 0 saturated carbocycles. The van der Waals surface area contributed by atoms with E-state index < -0.39 is 0 Å². The number of hydrogen-bond donors (Lipinski definition) is 1. The molecular weight excluding hydrogens is 376 g/mol. The third-order valence-electron chi connectivity index (χ3n) is 6.36. The van der Waals surface area contributed by atoms with Gasteiger partial charge in [0.05, 0.1) is 0 Å². The first-order valence-corrected chi connectivity index (χ1v) is 11.4. The zero-order valence-electron chi connectivity index (χ0n) is 19.1. The first kappa shape index (κ1) is 22.6. The summed E-state index contributed by atoms with van der Waals surface area (Å²) in [6.45, 7) is 9.92. The summed E-state index contributed by atoms with van der Waals surface area (Å²) >= 11 is 0. The van der Waals surface area contributed by atoms with E-state index in [1.165, 1.54) is 25.1 Å². The first-order chi connectivity index (χ1) is 14.3. The van der Waals surface area contributed by atoms with Gasteiger partial charge in [0.1, 0.15) is 0 Å². The third kappa shape index (κ3) is 6.21. The molecule has 1 aromatic rings. The van der Waals surface area contributed by atoms with Crippen molar-refractivity contribution in [2.24, 2.45) is 17.8 Å². The first-order valence-electron chi connectivity index (χ1n) is 11.4. The van der Waals surface area contributed by atoms with Crippen LogP contribution in [0.25, 0.3) is 0 Å². The lowest BCUT2D eigenvalue weighted by atomic mass is 9.91. The maximum absolute atomic E-state index is 12.5. The second kappa shape index (κ2) is 10.3. The van der Waals surface area contributed by atoms with E-state index in [0.29, 0.717) is 19.6 Å². The number of nitrogens with zero attached hydrogens (tertiary/aromatic N) is 3. The second-order valence-electron chi connectivity index (χ2n) is 9.61. The quantitative estimate of drug-likeness (QED) is 0.805. The summed E-state index contributed by atoms with van der Waals surface area (Å²) in [4.78, 5) is 30.5. The van der Waals surface area contributed by atoms with E-state index in [-0.39, 0.29) is 17.9 Å². The Kier molecular flexibility index (Phi) is 7.75. The van der Waals surface area contributed by atoms with Gasteiger partial charge in [0.25, 0.3) is 0 Å². The molecule has 0 radical (unpaired) electrons. The van der Waals surface area contributed by atoms with Crippen molar-refractivity contribution in [2.75, 3.05) is 40.3 Å². The molecule has 1 aromatic carbocycles. The van der Waals surface area contributed by atoms with Crippen LogP contribution in [0.15, 0.2) is 24.3 Å². The van der Waals surface area contributed by atoms with E-state index in [4.69, 9.17) is 0 Å². The fourth-order valence-corrected chi connectivity index (χ4v) is 4.89. The van der Waals surface area contributed by atoms with Gasteiger partial charge in [-0.15, -0.1) is 0 Å². The van der Waals surface area contributed by atoms with Crippen LogP contribution in [0.4, 0.5) is 4.79 Å². The van der Waals surface area contributed by atoms with E-state index in [2.05, 4.69) is 48.3 Å². The van der Waals surface area contributed by atoms with E-state index in [0.717, 1.165) is 36.8 Å². The molecule has 2 heterocycles. The molecule has 3 amide bonds. The van der Waals surface area contributed by atoms with Crippen LogP contribution in [-0.4, -0.2) is 66.9 Å². The summed E-state index contributed by atoms with van der Waals surface area (Å²) in [5.74, 6) is 1.65. The summed E-state index contributed by atoms with van der Waals surface area (Å²) < 4.78 is 0. The zero-order chi connectivity index (χ0) is 21.7. The van der Waals surface area contributed by atoms with Gasteiger partial charge >= 0.3 is 6.03 Å². The normalized spacial score (nSPS) is 23.3. The van der Waals surface area contributed by atoms with Crippen LogP contribution in [0.1, 0.15) is 44.2 Å². The molecule has 0 bridgehead atoms. The van der Waals surface area contributed by atoms with Crippen LogP contribution >= 0.6 is 0 Å². The molecule has 0 aromatic heterocycles. The highest BCUT2D eigenvalue weighted by Crippen LogP contribution is 2.23. The van der Waals surface area contributed by atoms with Crippen molar-refractivity contribution in [3.05, 3.63) is 35.4 Å². The van der Waals surface area contributed by atoms with E-state index in [1.807, 2.05) is 4.90 Å². The molecule has 2 aliphatic heterocycles. The largest absolute Gasteiger partial charge is 0.352 e. The Morgan fingerprint density at radius 3 is 2.13 bits per heavy atom. The highest BCUT2D eigenvalue weighted by atomic mass is 16.2. The number of amides is 3. The maximum Gasteiger partial charge on any atom is 0.319 e. The van der Waals surface area contributed by atoms with Crippen molar-refractivity contribution < 1.29 is 9.59 Å². The van der Waals surface area contributed by atoms with E-state index in [1.54, 1.807) is 19.0 Å². The van der Waals surface area contributed by atoms with E-state index >= 15 is 0 Å². The lowest BCUT2D eigenvalue weighted by molar-refractivity contribution is -0.126. The number of carbonyl (C=O) groups is 2. The molecule has 6 heteroatoms.